The lowest BCUT2D eigenvalue weighted by Crippen LogP contribution is -2.08. The van der Waals surface area contributed by atoms with Crippen LogP contribution in [0.5, 0.6) is 11.5 Å². The van der Waals surface area contributed by atoms with E-state index in [1.54, 1.807) is 30.3 Å². The van der Waals surface area contributed by atoms with Crippen LogP contribution in [-0.4, -0.2) is 18.2 Å². The summed E-state index contributed by atoms with van der Waals surface area (Å²) >= 11 is 0. The summed E-state index contributed by atoms with van der Waals surface area (Å²) in [5.74, 6) is 0.0850. The van der Waals surface area contributed by atoms with Gasteiger partial charge in [0.1, 0.15) is 23.7 Å². The van der Waals surface area contributed by atoms with E-state index in [0.717, 1.165) is 0 Å². The van der Waals surface area contributed by atoms with Gasteiger partial charge in [0.2, 0.25) is 0 Å². The van der Waals surface area contributed by atoms with E-state index >= 15 is 0 Å². The molecule has 1 N–H and O–H groups in total. The molecule has 3 aromatic rings. The van der Waals surface area contributed by atoms with Gasteiger partial charge in [0.15, 0.2) is 0 Å². The van der Waals surface area contributed by atoms with Crippen molar-refractivity contribution < 1.29 is 23.8 Å². The Labute approximate surface area is 149 Å². The zero-order valence-corrected chi connectivity index (χ0v) is 14.4. The standard InChI is InChI=1S/C20H18O6/c1-3-12-8-16-14(9-19(22)26-18(16)10-17(12)21)11-25-20(23)13-5-4-6-15(7-13)24-2/h4-10,21H,3,11H2,1-2H3. The van der Waals surface area contributed by atoms with Crippen LogP contribution in [0.2, 0.25) is 0 Å². The molecular weight excluding hydrogens is 336 g/mol. The molecular formula is C20H18O6. The number of aromatic hydroxyl groups is 1. The minimum atomic E-state index is -0.575. The molecule has 0 fully saturated rings. The summed E-state index contributed by atoms with van der Waals surface area (Å²) in [6.07, 6.45) is 0.615. The van der Waals surface area contributed by atoms with Gasteiger partial charge < -0.3 is 19.0 Å². The van der Waals surface area contributed by atoms with Crippen molar-refractivity contribution in [1.82, 2.24) is 0 Å². The molecule has 0 saturated carbocycles. The minimum Gasteiger partial charge on any atom is -0.508 e. The van der Waals surface area contributed by atoms with Crippen LogP contribution in [0, 0.1) is 0 Å². The molecule has 3 rings (SSSR count). The molecule has 0 radical (unpaired) electrons. The summed E-state index contributed by atoms with van der Waals surface area (Å²) < 4.78 is 15.6. The summed E-state index contributed by atoms with van der Waals surface area (Å²) in [5, 5.41) is 10.6. The maximum Gasteiger partial charge on any atom is 0.338 e. The van der Waals surface area contributed by atoms with Crippen LogP contribution in [0.25, 0.3) is 11.0 Å². The fraction of sp³-hybridized carbons (Fsp3) is 0.200. The number of methoxy groups -OCH3 is 1. The summed E-state index contributed by atoms with van der Waals surface area (Å²) in [7, 11) is 1.51. The number of hydrogen-bond acceptors (Lipinski definition) is 6. The zero-order valence-electron chi connectivity index (χ0n) is 14.4. The molecule has 2 aromatic carbocycles. The largest absolute Gasteiger partial charge is 0.508 e. The average molecular weight is 354 g/mol. The maximum absolute atomic E-state index is 12.3. The second kappa shape index (κ2) is 7.31. The highest BCUT2D eigenvalue weighted by Gasteiger charge is 2.13. The molecule has 0 spiro atoms. The fourth-order valence-electron chi connectivity index (χ4n) is 2.69. The Morgan fingerprint density at radius 1 is 1.15 bits per heavy atom. The normalized spacial score (nSPS) is 10.7. The molecule has 0 saturated heterocycles. The molecule has 1 aromatic heterocycles. The quantitative estimate of drug-likeness (QED) is 0.558. The van der Waals surface area contributed by atoms with Crippen LogP contribution in [0.15, 0.2) is 51.7 Å². The van der Waals surface area contributed by atoms with E-state index in [-0.39, 0.29) is 17.9 Å². The van der Waals surface area contributed by atoms with Gasteiger partial charge in [-0.2, -0.15) is 0 Å². The number of carbonyl (C=O) groups is 1. The number of esters is 1. The monoisotopic (exact) mass is 354 g/mol. The van der Waals surface area contributed by atoms with E-state index in [0.29, 0.717) is 34.2 Å². The fourth-order valence-corrected chi connectivity index (χ4v) is 2.69. The first-order valence-electron chi connectivity index (χ1n) is 8.11. The first-order chi connectivity index (χ1) is 12.5. The molecule has 0 aliphatic carbocycles. The van der Waals surface area contributed by atoms with Crippen molar-refractivity contribution in [2.75, 3.05) is 7.11 Å². The SMILES string of the molecule is CCc1cc2c(COC(=O)c3cccc(OC)c3)cc(=O)oc2cc1O. The van der Waals surface area contributed by atoms with E-state index < -0.39 is 11.6 Å². The van der Waals surface area contributed by atoms with Gasteiger partial charge in [0, 0.05) is 23.1 Å². The third-order valence-electron chi connectivity index (χ3n) is 4.07. The molecule has 0 aliphatic heterocycles. The molecule has 0 amide bonds. The van der Waals surface area contributed by atoms with Gasteiger partial charge in [-0.15, -0.1) is 0 Å². The minimum absolute atomic E-state index is 0.0636. The smallest absolute Gasteiger partial charge is 0.338 e. The second-order valence-corrected chi connectivity index (χ2v) is 5.73. The number of fused-ring (bicyclic) bond motifs is 1. The number of hydrogen-bond donors (Lipinski definition) is 1. The Hall–Kier alpha value is -3.28. The van der Waals surface area contributed by atoms with Gasteiger partial charge in [-0.3, -0.25) is 0 Å². The number of benzene rings is 2. The topological polar surface area (TPSA) is 86.0 Å². The van der Waals surface area contributed by atoms with Crippen LogP contribution in [-0.2, 0) is 17.8 Å². The number of ether oxygens (including phenoxy) is 2. The van der Waals surface area contributed by atoms with Crippen molar-refractivity contribution in [2.45, 2.75) is 20.0 Å². The van der Waals surface area contributed by atoms with E-state index in [1.165, 1.54) is 19.2 Å². The molecule has 1 heterocycles. The summed E-state index contributed by atoms with van der Waals surface area (Å²) in [4.78, 5) is 24.0. The van der Waals surface area contributed by atoms with Crippen molar-refractivity contribution in [3.8, 4) is 11.5 Å². The first kappa shape index (κ1) is 17.5. The molecule has 26 heavy (non-hydrogen) atoms. The maximum atomic E-state index is 12.3. The summed E-state index contributed by atoms with van der Waals surface area (Å²) in [5.41, 5.74) is 1.26. The Balaban J connectivity index is 1.90. The third kappa shape index (κ3) is 3.54. The van der Waals surface area contributed by atoms with Crippen LogP contribution in [0.4, 0.5) is 0 Å². The number of phenols is 1. The van der Waals surface area contributed by atoms with Crippen LogP contribution < -0.4 is 10.4 Å². The van der Waals surface area contributed by atoms with E-state index in [4.69, 9.17) is 13.9 Å². The Morgan fingerprint density at radius 3 is 2.69 bits per heavy atom. The number of phenolic OH excluding ortho intramolecular Hbond substituents is 1. The number of carbonyl (C=O) groups excluding carboxylic acids is 1. The predicted molar refractivity (Wildman–Crippen MR) is 95.6 cm³/mol. The third-order valence-corrected chi connectivity index (χ3v) is 4.07. The van der Waals surface area contributed by atoms with Crippen molar-refractivity contribution >= 4 is 16.9 Å². The van der Waals surface area contributed by atoms with Gasteiger partial charge in [-0.25, -0.2) is 9.59 Å². The van der Waals surface area contributed by atoms with Crippen molar-refractivity contribution in [2.24, 2.45) is 0 Å². The van der Waals surface area contributed by atoms with Crippen LogP contribution >= 0.6 is 0 Å². The molecule has 0 unspecified atom stereocenters. The molecule has 6 nitrogen and oxygen atoms in total. The van der Waals surface area contributed by atoms with Gasteiger partial charge in [-0.05, 0) is 36.2 Å². The Morgan fingerprint density at radius 2 is 1.96 bits per heavy atom. The van der Waals surface area contributed by atoms with Gasteiger partial charge in [0.25, 0.3) is 0 Å². The van der Waals surface area contributed by atoms with Gasteiger partial charge in [0.05, 0.1) is 12.7 Å². The Kier molecular flexibility index (Phi) is 4.93. The highest BCUT2D eigenvalue weighted by atomic mass is 16.5. The zero-order chi connectivity index (χ0) is 18.7. The first-order valence-corrected chi connectivity index (χ1v) is 8.11. The summed E-state index contributed by atoms with van der Waals surface area (Å²) in [6, 6.07) is 11.1. The second-order valence-electron chi connectivity index (χ2n) is 5.73. The lowest BCUT2D eigenvalue weighted by molar-refractivity contribution is 0.0473. The molecule has 0 atom stereocenters. The highest BCUT2D eigenvalue weighted by molar-refractivity contribution is 5.90. The number of aryl methyl sites for hydroxylation is 1. The van der Waals surface area contributed by atoms with E-state index in [2.05, 4.69) is 0 Å². The van der Waals surface area contributed by atoms with Gasteiger partial charge in [-0.1, -0.05) is 13.0 Å². The lowest BCUT2D eigenvalue weighted by atomic mass is 10.0. The summed E-state index contributed by atoms with van der Waals surface area (Å²) in [6.45, 7) is 1.81. The Bertz CT molecular complexity index is 1020. The number of rotatable bonds is 5. The molecule has 134 valence electrons. The van der Waals surface area contributed by atoms with Crippen molar-refractivity contribution in [1.29, 1.82) is 0 Å². The van der Waals surface area contributed by atoms with Crippen LogP contribution in [0.1, 0.15) is 28.4 Å². The molecule has 0 bridgehead atoms. The lowest BCUT2D eigenvalue weighted by Gasteiger charge is -2.10. The van der Waals surface area contributed by atoms with Crippen LogP contribution in [0.3, 0.4) is 0 Å². The van der Waals surface area contributed by atoms with Gasteiger partial charge >= 0.3 is 11.6 Å². The van der Waals surface area contributed by atoms with Crippen molar-refractivity contribution in [3.63, 3.8) is 0 Å². The average Bonchev–Trinajstić information content (AvgIpc) is 2.65. The molecule has 0 aliphatic rings. The highest BCUT2D eigenvalue weighted by Crippen LogP contribution is 2.27. The van der Waals surface area contributed by atoms with E-state index in [9.17, 15) is 14.7 Å². The predicted octanol–water partition coefficient (Wildman–Crippen LogP) is 3.43. The van der Waals surface area contributed by atoms with E-state index in [1.807, 2.05) is 6.92 Å². The molecule has 6 heteroatoms. The van der Waals surface area contributed by atoms with Crippen molar-refractivity contribution in [3.05, 3.63) is 69.6 Å².